The highest BCUT2D eigenvalue weighted by atomic mass is 32.2. The fourth-order valence-corrected chi connectivity index (χ4v) is 2.08. The summed E-state index contributed by atoms with van der Waals surface area (Å²) in [6, 6.07) is 5.58. The van der Waals surface area contributed by atoms with E-state index in [1.807, 2.05) is 20.8 Å². The number of benzene rings is 1. The standard InChI is InChI=1S/C15H23FN2O4S/c1-15(2,3)13(18-14(19)9-17-23(4,20)21)10-22-12-8-6-5-7-11(12)16/h5-8,13,17H,9-10H2,1-4H3,(H,18,19)/t13-/m1/s1. The monoisotopic (exact) mass is 346 g/mol. The van der Waals surface area contributed by atoms with Crippen LogP contribution in [0.25, 0.3) is 0 Å². The zero-order chi connectivity index (χ0) is 17.7. The van der Waals surface area contributed by atoms with Crippen LogP contribution in [0.5, 0.6) is 5.75 Å². The molecule has 0 heterocycles. The second-order valence-electron chi connectivity index (χ2n) is 6.32. The Balaban J connectivity index is 2.67. The number of amides is 1. The topological polar surface area (TPSA) is 84.5 Å². The van der Waals surface area contributed by atoms with Crippen LogP contribution < -0.4 is 14.8 Å². The van der Waals surface area contributed by atoms with Crippen molar-refractivity contribution in [1.29, 1.82) is 0 Å². The lowest BCUT2D eigenvalue weighted by atomic mass is 9.87. The molecule has 1 atom stereocenters. The van der Waals surface area contributed by atoms with Crippen molar-refractivity contribution in [3.8, 4) is 5.75 Å². The van der Waals surface area contributed by atoms with E-state index in [-0.39, 0.29) is 24.3 Å². The molecule has 0 aromatic heterocycles. The third-order valence-electron chi connectivity index (χ3n) is 3.12. The van der Waals surface area contributed by atoms with E-state index in [1.165, 1.54) is 12.1 Å². The molecule has 130 valence electrons. The van der Waals surface area contributed by atoms with Crippen LogP contribution in [0.1, 0.15) is 20.8 Å². The van der Waals surface area contributed by atoms with Gasteiger partial charge in [-0.2, -0.15) is 0 Å². The predicted molar refractivity (Wildman–Crippen MR) is 86.1 cm³/mol. The van der Waals surface area contributed by atoms with Gasteiger partial charge >= 0.3 is 0 Å². The van der Waals surface area contributed by atoms with Crippen LogP contribution in [0, 0.1) is 11.2 Å². The molecule has 0 fully saturated rings. The summed E-state index contributed by atoms with van der Waals surface area (Å²) in [5.41, 5.74) is -0.355. The number of carbonyl (C=O) groups is 1. The Bertz CT molecular complexity index is 641. The van der Waals surface area contributed by atoms with Gasteiger partial charge in [-0.05, 0) is 17.5 Å². The first kappa shape index (κ1) is 19.4. The minimum absolute atomic E-state index is 0.0645. The molecular weight excluding hydrogens is 323 g/mol. The van der Waals surface area contributed by atoms with Crippen molar-refractivity contribution in [3.63, 3.8) is 0 Å². The Morgan fingerprint density at radius 3 is 2.43 bits per heavy atom. The van der Waals surface area contributed by atoms with Gasteiger partial charge in [-0.1, -0.05) is 32.9 Å². The summed E-state index contributed by atoms with van der Waals surface area (Å²) in [5, 5.41) is 2.71. The van der Waals surface area contributed by atoms with Gasteiger partial charge in [0.15, 0.2) is 11.6 Å². The van der Waals surface area contributed by atoms with Gasteiger partial charge < -0.3 is 10.1 Å². The van der Waals surface area contributed by atoms with Crippen LogP contribution in [-0.4, -0.2) is 39.8 Å². The lowest BCUT2D eigenvalue weighted by Crippen LogP contribution is -2.50. The molecule has 2 N–H and O–H groups in total. The molecule has 0 saturated heterocycles. The van der Waals surface area contributed by atoms with E-state index in [4.69, 9.17) is 4.74 Å². The number of hydrogen-bond donors (Lipinski definition) is 2. The first-order valence-corrected chi connectivity index (χ1v) is 8.99. The van der Waals surface area contributed by atoms with E-state index in [1.54, 1.807) is 12.1 Å². The normalized spacial score (nSPS) is 13.4. The van der Waals surface area contributed by atoms with E-state index >= 15 is 0 Å². The molecule has 0 aliphatic rings. The Morgan fingerprint density at radius 1 is 1.30 bits per heavy atom. The average molecular weight is 346 g/mol. The predicted octanol–water partition coefficient (Wildman–Crippen LogP) is 1.28. The van der Waals surface area contributed by atoms with Crippen LogP contribution in [0.4, 0.5) is 4.39 Å². The molecule has 1 aromatic carbocycles. The molecule has 0 bridgehead atoms. The van der Waals surface area contributed by atoms with Gasteiger partial charge in [0.05, 0.1) is 18.8 Å². The minimum Gasteiger partial charge on any atom is -0.488 e. The highest BCUT2D eigenvalue weighted by molar-refractivity contribution is 7.88. The molecule has 1 rings (SSSR count). The van der Waals surface area contributed by atoms with E-state index in [9.17, 15) is 17.6 Å². The Morgan fingerprint density at radius 2 is 1.91 bits per heavy atom. The summed E-state index contributed by atoms with van der Waals surface area (Å²) in [7, 11) is -3.44. The Hall–Kier alpha value is -1.67. The van der Waals surface area contributed by atoms with Crippen molar-refractivity contribution in [2.24, 2.45) is 5.41 Å². The molecule has 0 aliphatic heterocycles. The van der Waals surface area contributed by atoms with E-state index in [2.05, 4.69) is 10.0 Å². The van der Waals surface area contributed by atoms with E-state index < -0.39 is 27.8 Å². The van der Waals surface area contributed by atoms with Gasteiger partial charge in [-0.15, -0.1) is 0 Å². The van der Waals surface area contributed by atoms with Crippen molar-refractivity contribution < 1.29 is 22.3 Å². The smallest absolute Gasteiger partial charge is 0.235 e. The Labute approximate surface area is 136 Å². The molecule has 0 unspecified atom stereocenters. The van der Waals surface area contributed by atoms with Crippen LogP contribution in [0.2, 0.25) is 0 Å². The molecule has 23 heavy (non-hydrogen) atoms. The van der Waals surface area contributed by atoms with Gasteiger partial charge in [-0.25, -0.2) is 17.5 Å². The molecule has 1 amide bonds. The number of hydrogen-bond acceptors (Lipinski definition) is 4. The van der Waals surface area contributed by atoms with Crippen LogP contribution >= 0.6 is 0 Å². The van der Waals surface area contributed by atoms with Crippen molar-refractivity contribution in [2.45, 2.75) is 26.8 Å². The summed E-state index contributed by atoms with van der Waals surface area (Å²) >= 11 is 0. The number of sulfonamides is 1. The number of ether oxygens (including phenoxy) is 1. The fourth-order valence-electron chi connectivity index (χ4n) is 1.69. The van der Waals surface area contributed by atoms with Gasteiger partial charge in [-0.3, -0.25) is 4.79 Å². The summed E-state index contributed by atoms with van der Waals surface area (Å²) in [4.78, 5) is 11.9. The first-order chi connectivity index (χ1) is 10.5. The number of halogens is 1. The zero-order valence-electron chi connectivity index (χ0n) is 13.7. The molecule has 0 spiro atoms. The lowest BCUT2D eigenvalue weighted by molar-refractivity contribution is -0.121. The number of rotatable bonds is 7. The molecule has 6 nitrogen and oxygen atoms in total. The average Bonchev–Trinajstić information content (AvgIpc) is 2.40. The highest BCUT2D eigenvalue weighted by Gasteiger charge is 2.27. The summed E-state index contributed by atoms with van der Waals surface area (Å²) in [5.74, 6) is -0.858. The van der Waals surface area contributed by atoms with Crippen molar-refractivity contribution in [1.82, 2.24) is 10.0 Å². The molecule has 0 radical (unpaired) electrons. The minimum atomic E-state index is -3.44. The number of para-hydroxylation sites is 1. The summed E-state index contributed by atoms with van der Waals surface area (Å²) in [6.45, 7) is 5.39. The van der Waals surface area contributed by atoms with E-state index in [0.717, 1.165) is 6.26 Å². The molecule has 0 saturated carbocycles. The fraction of sp³-hybridized carbons (Fsp3) is 0.533. The van der Waals surface area contributed by atoms with Crippen molar-refractivity contribution in [3.05, 3.63) is 30.1 Å². The highest BCUT2D eigenvalue weighted by Crippen LogP contribution is 2.22. The third kappa shape index (κ3) is 7.43. The second-order valence-corrected chi connectivity index (χ2v) is 8.15. The largest absolute Gasteiger partial charge is 0.488 e. The molecule has 1 aromatic rings. The van der Waals surface area contributed by atoms with Crippen LogP contribution in [-0.2, 0) is 14.8 Å². The molecular formula is C15H23FN2O4S. The molecule has 0 aliphatic carbocycles. The van der Waals surface area contributed by atoms with Gasteiger partial charge in [0.1, 0.15) is 6.61 Å². The van der Waals surface area contributed by atoms with Crippen LogP contribution in [0.15, 0.2) is 24.3 Å². The summed E-state index contributed by atoms with van der Waals surface area (Å²) in [6.07, 6.45) is 0.975. The Kier molecular flexibility index (Phi) is 6.52. The second kappa shape index (κ2) is 7.74. The van der Waals surface area contributed by atoms with Crippen molar-refractivity contribution in [2.75, 3.05) is 19.4 Å². The van der Waals surface area contributed by atoms with E-state index in [0.29, 0.717) is 0 Å². The van der Waals surface area contributed by atoms with Crippen molar-refractivity contribution >= 4 is 15.9 Å². The third-order valence-corrected chi connectivity index (χ3v) is 3.79. The van der Waals surface area contributed by atoms with Gasteiger partial charge in [0, 0.05) is 0 Å². The quantitative estimate of drug-likeness (QED) is 0.779. The lowest BCUT2D eigenvalue weighted by Gasteiger charge is -2.31. The van der Waals surface area contributed by atoms with Gasteiger partial charge in [0.25, 0.3) is 0 Å². The van der Waals surface area contributed by atoms with Crippen LogP contribution in [0.3, 0.4) is 0 Å². The maximum Gasteiger partial charge on any atom is 0.235 e. The summed E-state index contributed by atoms with van der Waals surface area (Å²) < 4.78 is 43.1. The molecule has 8 heteroatoms. The number of nitrogens with one attached hydrogen (secondary N) is 2. The first-order valence-electron chi connectivity index (χ1n) is 7.10. The maximum absolute atomic E-state index is 13.6. The van der Waals surface area contributed by atoms with Gasteiger partial charge in [0.2, 0.25) is 15.9 Å². The number of carbonyl (C=O) groups excluding carboxylic acids is 1. The zero-order valence-corrected chi connectivity index (χ0v) is 14.5. The maximum atomic E-state index is 13.6. The SMILES string of the molecule is CC(C)(C)[C@@H](COc1ccccc1F)NC(=O)CNS(C)(=O)=O.